The van der Waals surface area contributed by atoms with Gasteiger partial charge in [0.2, 0.25) is 0 Å². The predicted molar refractivity (Wildman–Crippen MR) is 229 cm³/mol. The highest BCUT2D eigenvalue weighted by Crippen LogP contribution is 2.53. The molecule has 0 fully saturated rings. The van der Waals surface area contributed by atoms with Gasteiger partial charge in [0, 0.05) is 43.7 Å². The van der Waals surface area contributed by atoms with Crippen LogP contribution < -0.4 is 0 Å². The van der Waals surface area contributed by atoms with Crippen LogP contribution in [0, 0.1) is 0 Å². The summed E-state index contributed by atoms with van der Waals surface area (Å²) in [6.45, 7) is 4.70. The van der Waals surface area contributed by atoms with Gasteiger partial charge in [0.1, 0.15) is 0 Å². The van der Waals surface area contributed by atoms with Crippen LogP contribution in [0.1, 0.15) is 25.0 Å². The van der Waals surface area contributed by atoms with E-state index in [2.05, 4.69) is 184 Å². The predicted octanol–water partition coefficient (Wildman–Crippen LogP) is 13.5. The van der Waals surface area contributed by atoms with Gasteiger partial charge >= 0.3 is 0 Å². The minimum Gasteiger partial charge on any atom is -0.247 e. The van der Waals surface area contributed by atoms with Crippen LogP contribution in [0.3, 0.4) is 0 Å². The van der Waals surface area contributed by atoms with E-state index in [9.17, 15) is 0 Å². The maximum absolute atomic E-state index is 5.48. The lowest BCUT2D eigenvalue weighted by atomic mass is 9.78. The highest BCUT2D eigenvalue weighted by molar-refractivity contribution is 6.13. The molecule has 0 atom stereocenters. The summed E-state index contributed by atoms with van der Waals surface area (Å²) in [6, 6.07) is 62.9. The Bertz CT molecular complexity index is 3180. The standard InChI is InChI=1S/C52H35N3/c1-52(2)43-21-9-8-20-41(43)51-47(52)46(42-27-24-32-12-6-7-19-40(32)50(42)55-51)39-18-11-16-37(31-39)36-15-10-17-38(30-36)45-29-26-35-23-22-34-25-28-44(33-13-4-3-5-14-33)53-48(34)49(35)54-45/h3-31H,1-2H3. The molecule has 1 aliphatic carbocycles. The van der Waals surface area contributed by atoms with Crippen LogP contribution >= 0.6 is 0 Å². The van der Waals surface area contributed by atoms with Crippen molar-refractivity contribution in [3.8, 4) is 56.0 Å². The van der Waals surface area contributed by atoms with Gasteiger partial charge in [-0.1, -0.05) is 166 Å². The lowest BCUT2D eigenvalue weighted by molar-refractivity contribution is 0.662. The summed E-state index contributed by atoms with van der Waals surface area (Å²) >= 11 is 0. The molecule has 3 aromatic heterocycles. The molecule has 0 aliphatic heterocycles. The molecule has 0 spiro atoms. The minimum atomic E-state index is -0.216. The molecule has 55 heavy (non-hydrogen) atoms. The van der Waals surface area contributed by atoms with Crippen molar-refractivity contribution in [3.63, 3.8) is 0 Å². The van der Waals surface area contributed by atoms with Crippen LogP contribution in [0.15, 0.2) is 176 Å². The highest BCUT2D eigenvalue weighted by Gasteiger charge is 2.39. The van der Waals surface area contributed by atoms with Crippen molar-refractivity contribution in [2.24, 2.45) is 0 Å². The fraction of sp³-hybridized carbons (Fsp3) is 0.0577. The van der Waals surface area contributed by atoms with Crippen molar-refractivity contribution in [1.82, 2.24) is 15.0 Å². The molecule has 3 heteroatoms. The van der Waals surface area contributed by atoms with E-state index in [1.165, 1.54) is 44.0 Å². The molecular formula is C52H35N3. The molecule has 3 heterocycles. The molecule has 11 rings (SSSR count). The topological polar surface area (TPSA) is 38.7 Å². The van der Waals surface area contributed by atoms with Crippen LogP contribution in [0.4, 0.5) is 0 Å². The molecule has 258 valence electrons. The average Bonchev–Trinajstić information content (AvgIpc) is 3.48. The van der Waals surface area contributed by atoms with Crippen LogP contribution in [0.2, 0.25) is 0 Å². The van der Waals surface area contributed by atoms with Gasteiger partial charge in [-0.25, -0.2) is 15.0 Å². The Kier molecular flexibility index (Phi) is 6.90. The third-order valence-electron chi connectivity index (χ3n) is 11.6. The molecule has 3 nitrogen and oxygen atoms in total. The SMILES string of the molecule is CC1(C)c2ccccc2-c2nc3c(ccc4ccccc43)c(-c3cccc(-c4cccc(-c5ccc6ccc7ccc(-c8ccccc8)nc7c6n5)c4)c3)c21. The van der Waals surface area contributed by atoms with Gasteiger partial charge in [-0.15, -0.1) is 0 Å². The second kappa shape index (κ2) is 12.0. The second-order valence-corrected chi connectivity index (χ2v) is 15.2. The number of fused-ring (bicyclic) bond motifs is 9. The van der Waals surface area contributed by atoms with E-state index in [0.717, 1.165) is 66.7 Å². The Balaban J connectivity index is 1.06. The van der Waals surface area contributed by atoms with Crippen molar-refractivity contribution in [2.75, 3.05) is 0 Å². The molecule has 0 unspecified atom stereocenters. The van der Waals surface area contributed by atoms with Crippen molar-refractivity contribution < 1.29 is 0 Å². The number of rotatable bonds is 4. The molecule has 0 saturated carbocycles. The summed E-state index contributed by atoms with van der Waals surface area (Å²) in [4.78, 5) is 15.9. The Labute approximate surface area is 319 Å². The number of hydrogen-bond acceptors (Lipinski definition) is 3. The third-order valence-corrected chi connectivity index (χ3v) is 11.6. The zero-order chi connectivity index (χ0) is 36.7. The van der Waals surface area contributed by atoms with Gasteiger partial charge in [0.25, 0.3) is 0 Å². The lowest BCUT2D eigenvalue weighted by Crippen LogP contribution is -2.16. The van der Waals surface area contributed by atoms with Gasteiger partial charge in [-0.2, -0.15) is 0 Å². The Hall–Kier alpha value is -6.97. The summed E-state index contributed by atoms with van der Waals surface area (Å²) < 4.78 is 0. The van der Waals surface area contributed by atoms with Crippen LogP contribution in [0.25, 0.3) is 99.5 Å². The van der Waals surface area contributed by atoms with Crippen molar-refractivity contribution in [3.05, 3.63) is 187 Å². The van der Waals surface area contributed by atoms with E-state index in [4.69, 9.17) is 15.0 Å². The normalized spacial score (nSPS) is 13.1. The van der Waals surface area contributed by atoms with Crippen molar-refractivity contribution >= 4 is 43.5 Å². The zero-order valence-corrected chi connectivity index (χ0v) is 30.6. The number of hydrogen-bond donors (Lipinski definition) is 0. The Morgan fingerprint density at radius 2 is 0.945 bits per heavy atom. The highest BCUT2D eigenvalue weighted by atomic mass is 14.8. The summed E-state index contributed by atoms with van der Waals surface area (Å²) in [7, 11) is 0. The van der Waals surface area contributed by atoms with Crippen molar-refractivity contribution in [1.29, 1.82) is 0 Å². The Morgan fingerprint density at radius 1 is 0.382 bits per heavy atom. The largest absolute Gasteiger partial charge is 0.247 e. The number of benzene rings is 7. The minimum absolute atomic E-state index is 0.216. The molecule has 0 bridgehead atoms. The molecule has 10 aromatic rings. The fourth-order valence-electron chi connectivity index (χ4n) is 8.88. The monoisotopic (exact) mass is 701 g/mol. The lowest BCUT2D eigenvalue weighted by Gasteiger charge is -2.25. The van der Waals surface area contributed by atoms with E-state index >= 15 is 0 Å². The second-order valence-electron chi connectivity index (χ2n) is 15.2. The summed E-state index contributed by atoms with van der Waals surface area (Å²) in [5.41, 5.74) is 16.4. The summed E-state index contributed by atoms with van der Waals surface area (Å²) in [5, 5.41) is 5.72. The molecule has 0 amide bonds. The van der Waals surface area contributed by atoms with E-state index in [1.807, 2.05) is 6.07 Å². The smallest absolute Gasteiger partial charge is 0.0972 e. The maximum Gasteiger partial charge on any atom is 0.0972 e. The summed E-state index contributed by atoms with van der Waals surface area (Å²) in [6.07, 6.45) is 0. The maximum atomic E-state index is 5.48. The molecule has 0 N–H and O–H groups in total. The van der Waals surface area contributed by atoms with E-state index < -0.39 is 0 Å². The molecule has 0 saturated heterocycles. The van der Waals surface area contributed by atoms with Gasteiger partial charge in [-0.3, -0.25) is 0 Å². The number of nitrogens with zero attached hydrogens (tertiary/aromatic N) is 3. The summed E-state index contributed by atoms with van der Waals surface area (Å²) in [5.74, 6) is 0. The van der Waals surface area contributed by atoms with E-state index in [-0.39, 0.29) is 5.41 Å². The third kappa shape index (κ3) is 4.93. The van der Waals surface area contributed by atoms with E-state index in [1.54, 1.807) is 0 Å². The number of pyridine rings is 3. The van der Waals surface area contributed by atoms with Crippen LogP contribution in [-0.4, -0.2) is 15.0 Å². The van der Waals surface area contributed by atoms with Gasteiger partial charge < -0.3 is 0 Å². The first-order valence-electron chi connectivity index (χ1n) is 18.9. The van der Waals surface area contributed by atoms with Crippen molar-refractivity contribution in [2.45, 2.75) is 19.3 Å². The Morgan fingerprint density at radius 3 is 1.71 bits per heavy atom. The van der Waals surface area contributed by atoms with Gasteiger partial charge in [-0.05, 0) is 63.0 Å². The first-order chi connectivity index (χ1) is 27.0. The van der Waals surface area contributed by atoms with Crippen LogP contribution in [0.5, 0.6) is 0 Å². The molecular weight excluding hydrogens is 667 g/mol. The zero-order valence-electron chi connectivity index (χ0n) is 30.6. The average molecular weight is 702 g/mol. The fourth-order valence-corrected chi connectivity index (χ4v) is 8.88. The van der Waals surface area contributed by atoms with E-state index in [0.29, 0.717) is 0 Å². The molecule has 0 radical (unpaired) electrons. The van der Waals surface area contributed by atoms with Gasteiger partial charge in [0.15, 0.2) is 0 Å². The quantitative estimate of drug-likeness (QED) is 0.171. The molecule has 1 aliphatic rings. The first-order valence-corrected chi connectivity index (χ1v) is 18.9. The molecule has 7 aromatic carbocycles. The number of aromatic nitrogens is 3. The van der Waals surface area contributed by atoms with Crippen LogP contribution in [-0.2, 0) is 5.41 Å². The first kappa shape index (κ1) is 31.5. The van der Waals surface area contributed by atoms with Gasteiger partial charge in [0.05, 0.1) is 33.6 Å².